The van der Waals surface area contributed by atoms with Gasteiger partial charge < -0.3 is 14.7 Å². The van der Waals surface area contributed by atoms with Crippen molar-refractivity contribution < 1.29 is 58.1 Å². The SMILES string of the molecule is OCC(c1ccc(C(F)(F)F)cc1)N(Cc1cccc(C(F)(F)C(F)(F)F)c1)c1cccc(OCc2cccc(C(F)(F)F)c2)c1. The minimum Gasteiger partial charge on any atom is -0.489 e. The van der Waals surface area contributed by atoms with Crippen LogP contribution < -0.4 is 9.64 Å². The Morgan fingerprint density at radius 3 is 1.76 bits per heavy atom. The second-order valence-corrected chi connectivity index (χ2v) is 10.2. The largest absolute Gasteiger partial charge is 0.489 e. The molecule has 0 aliphatic carbocycles. The Morgan fingerprint density at radius 1 is 0.609 bits per heavy atom. The van der Waals surface area contributed by atoms with E-state index in [0.29, 0.717) is 12.1 Å². The molecule has 0 radical (unpaired) electrons. The Labute approximate surface area is 255 Å². The molecular formula is C32H24F11NO2. The molecule has 0 saturated carbocycles. The standard InChI is InChI=1S/C32H24F11NO2/c33-29(34,32(41,42)43)24-6-1-4-20(14-24)17-44(28(18-45)22-10-12-23(13-11-22)30(35,36)37)26-8-3-9-27(16-26)46-19-21-5-2-7-25(15-21)31(38,39)40/h1-16,28,45H,17-19H2. The molecule has 4 aromatic rings. The van der Waals surface area contributed by atoms with E-state index in [1.165, 1.54) is 47.4 Å². The van der Waals surface area contributed by atoms with Crippen molar-refractivity contribution in [3.8, 4) is 5.75 Å². The predicted octanol–water partition coefficient (Wildman–Crippen LogP) is 9.70. The van der Waals surface area contributed by atoms with Crippen molar-refractivity contribution in [2.75, 3.05) is 11.5 Å². The van der Waals surface area contributed by atoms with E-state index in [-0.39, 0.29) is 34.7 Å². The lowest BCUT2D eigenvalue weighted by atomic mass is 10.0. The zero-order valence-electron chi connectivity index (χ0n) is 23.4. The number of aliphatic hydroxyl groups excluding tert-OH is 1. The number of ether oxygens (including phenoxy) is 1. The van der Waals surface area contributed by atoms with Gasteiger partial charge in [-0.15, -0.1) is 0 Å². The molecule has 14 heteroatoms. The number of halogens is 11. The van der Waals surface area contributed by atoms with E-state index >= 15 is 0 Å². The molecule has 0 bridgehead atoms. The second kappa shape index (κ2) is 13.2. The van der Waals surface area contributed by atoms with Crippen molar-refractivity contribution in [2.45, 2.75) is 43.6 Å². The number of hydrogen-bond donors (Lipinski definition) is 1. The molecule has 3 nitrogen and oxygen atoms in total. The lowest BCUT2D eigenvalue weighted by Gasteiger charge is -2.34. The third-order valence-electron chi connectivity index (χ3n) is 6.98. The number of nitrogens with zero attached hydrogens (tertiary/aromatic N) is 1. The highest BCUT2D eigenvalue weighted by molar-refractivity contribution is 5.54. The molecule has 4 rings (SSSR count). The molecule has 0 saturated heterocycles. The molecule has 1 atom stereocenters. The van der Waals surface area contributed by atoms with Crippen molar-refractivity contribution in [1.29, 1.82) is 0 Å². The number of alkyl halides is 11. The molecule has 0 spiro atoms. The monoisotopic (exact) mass is 663 g/mol. The van der Waals surface area contributed by atoms with Crippen molar-refractivity contribution in [3.63, 3.8) is 0 Å². The molecule has 0 fully saturated rings. The summed E-state index contributed by atoms with van der Waals surface area (Å²) in [6, 6.07) is 16.2. The van der Waals surface area contributed by atoms with Crippen LogP contribution in [0.4, 0.5) is 54.0 Å². The molecule has 0 amide bonds. The molecule has 4 aromatic carbocycles. The number of rotatable bonds is 10. The van der Waals surface area contributed by atoms with E-state index in [2.05, 4.69) is 0 Å². The van der Waals surface area contributed by atoms with E-state index in [1.807, 2.05) is 0 Å². The van der Waals surface area contributed by atoms with Gasteiger partial charge in [0.15, 0.2) is 0 Å². The fourth-order valence-corrected chi connectivity index (χ4v) is 4.64. The van der Waals surface area contributed by atoms with E-state index < -0.39 is 60.3 Å². The minimum atomic E-state index is -5.88. The Kier molecular flexibility index (Phi) is 9.90. The van der Waals surface area contributed by atoms with Gasteiger partial charge in [0.05, 0.1) is 23.8 Å². The average molecular weight is 664 g/mol. The van der Waals surface area contributed by atoms with Gasteiger partial charge >= 0.3 is 24.5 Å². The number of benzene rings is 4. The molecule has 1 unspecified atom stereocenters. The predicted molar refractivity (Wildman–Crippen MR) is 146 cm³/mol. The van der Waals surface area contributed by atoms with Crippen LogP contribution in [-0.4, -0.2) is 17.9 Å². The van der Waals surface area contributed by atoms with Crippen LogP contribution in [0.25, 0.3) is 0 Å². The van der Waals surface area contributed by atoms with Gasteiger partial charge in [0.2, 0.25) is 0 Å². The Bertz CT molecular complexity index is 1610. The summed E-state index contributed by atoms with van der Waals surface area (Å²) < 4.78 is 152. The van der Waals surface area contributed by atoms with Gasteiger partial charge in [0.1, 0.15) is 12.4 Å². The van der Waals surface area contributed by atoms with Gasteiger partial charge in [-0.05, 0) is 59.2 Å². The van der Waals surface area contributed by atoms with Crippen LogP contribution in [0.3, 0.4) is 0 Å². The quantitative estimate of drug-likeness (QED) is 0.172. The van der Waals surface area contributed by atoms with Gasteiger partial charge in [-0.2, -0.15) is 48.3 Å². The average Bonchev–Trinajstić information content (AvgIpc) is 2.99. The summed E-state index contributed by atoms with van der Waals surface area (Å²) in [6.45, 7) is -1.42. The van der Waals surface area contributed by atoms with Crippen molar-refractivity contribution in [1.82, 2.24) is 0 Å². The van der Waals surface area contributed by atoms with Gasteiger partial charge in [-0.3, -0.25) is 0 Å². The lowest BCUT2D eigenvalue weighted by molar-refractivity contribution is -0.289. The smallest absolute Gasteiger partial charge is 0.458 e. The highest BCUT2D eigenvalue weighted by Gasteiger charge is 2.58. The molecule has 0 aliphatic rings. The van der Waals surface area contributed by atoms with E-state index in [1.54, 1.807) is 0 Å². The maximum Gasteiger partial charge on any atom is 0.458 e. The van der Waals surface area contributed by atoms with Gasteiger partial charge in [-0.1, -0.05) is 48.5 Å². The summed E-state index contributed by atoms with van der Waals surface area (Å²) >= 11 is 0. The van der Waals surface area contributed by atoms with Crippen LogP contribution >= 0.6 is 0 Å². The Hall–Kier alpha value is -4.33. The summed E-state index contributed by atoms with van der Waals surface area (Å²) in [7, 11) is 0. The van der Waals surface area contributed by atoms with Crippen molar-refractivity contribution in [3.05, 3.63) is 130 Å². The molecule has 0 aromatic heterocycles. The zero-order valence-corrected chi connectivity index (χ0v) is 23.4. The molecule has 46 heavy (non-hydrogen) atoms. The third kappa shape index (κ3) is 8.08. The summed E-state index contributed by atoms with van der Waals surface area (Å²) in [4.78, 5) is 1.37. The number of anilines is 1. The van der Waals surface area contributed by atoms with E-state index in [4.69, 9.17) is 4.74 Å². The highest BCUT2D eigenvalue weighted by atomic mass is 19.4. The van der Waals surface area contributed by atoms with Crippen molar-refractivity contribution >= 4 is 5.69 Å². The number of hydrogen-bond acceptors (Lipinski definition) is 3. The maximum absolute atomic E-state index is 14.1. The van der Waals surface area contributed by atoms with Crippen LogP contribution in [0.15, 0.2) is 97.1 Å². The number of aliphatic hydroxyl groups is 1. The second-order valence-electron chi connectivity index (χ2n) is 10.2. The third-order valence-corrected chi connectivity index (χ3v) is 6.98. The Balaban J connectivity index is 1.71. The van der Waals surface area contributed by atoms with Crippen molar-refractivity contribution in [2.24, 2.45) is 0 Å². The zero-order chi connectivity index (χ0) is 33.9. The highest BCUT2D eigenvalue weighted by Crippen LogP contribution is 2.44. The van der Waals surface area contributed by atoms with Crippen LogP contribution in [0, 0.1) is 0 Å². The molecular weight excluding hydrogens is 639 g/mol. The lowest BCUT2D eigenvalue weighted by Crippen LogP contribution is -2.34. The topological polar surface area (TPSA) is 32.7 Å². The van der Waals surface area contributed by atoms with Gasteiger partial charge in [0.25, 0.3) is 0 Å². The maximum atomic E-state index is 14.1. The van der Waals surface area contributed by atoms with Gasteiger partial charge in [0, 0.05) is 23.9 Å². The normalized spacial score (nSPS) is 13.4. The van der Waals surface area contributed by atoms with Crippen LogP contribution in [0.1, 0.15) is 39.4 Å². The fourth-order valence-electron chi connectivity index (χ4n) is 4.64. The van der Waals surface area contributed by atoms with E-state index in [9.17, 15) is 53.4 Å². The first-order valence-corrected chi connectivity index (χ1v) is 13.4. The van der Waals surface area contributed by atoms with Crippen LogP contribution in [0.2, 0.25) is 0 Å². The van der Waals surface area contributed by atoms with Gasteiger partial charge in [-0.25, -0.2) is 0 Å². The summed E-state index contributed by atoms with van der Waals surface area (Å²) in [6.07, 6.45) is -15.1. The van der Waals surface area contributed by atoms with Crippen LogP contribution in [0.5, 0.6) is 5.75 Å². The first kappa shape index (κ1) is 34.5. The minimum absolute atomic E-state index is 0.0536. The first-order valence-electron chi connectivity index (χ1n) is 13.4. The fraction of sp³-hybridized carbons (Fsp3) is 0.250. The molecule has 0 aliphatic heterocycles. The first-order chi connectivity index (χ1) is 21.4. The summed E-state index contributed by atoms with van der Waals surface area (Å²) in [5, 5.41) is 10.4. The summed E-state index contributed by atoms with van der Waals surface area (Å²) in [5.74, 6) is -5.07. The van der Waals surface area contributed by atoms with E-state index in [0.717, 1.165) is 42.5 Å². The molecule has 0 heterocycles. The molecule has 1 N–H and O–H groups in total. The summed E-state index contributed by atoms with van der Waals surface area (Å²) in [5.41, 5.74) is -2.73. The Morgan fingerprint density at radius 2 is 1.17 bits per heavy atom. The van der Waals surface area contributed by atoms with Crippen LogP contribution in [-0.2, 0) is 31.4 Å². The molecule has 246 valence electrons.